The zero-order valence-corrected chi connectivity index (χ0v) is 13.7. The van der Waals surface area contributed by atoms with Gasteiger partial charge < -0.3 is 15.0 Å². The Morgan fingerprint density at radius 2 is 2.29 bits per heavy atom. The lowest BCUT2D eigenvalue weighted by Gasteiger charge is -2.28. The van der Waals surface area contributed by atoms with Crippen molar-refractivity contribution in [3.05, 3.63) is 23.4 Å². The normalized spacial score (nSPS) is 18.7. The minimum Gasteiger partial charge on any atom is -0.381 e. The second-order valence-corrected chi connectivity index (χ2v) is 6.07. The second-order valence-electron chi connectivity index (χ2n) is 6.07. The van der Waals surface area contributed by atoms with Crippen molar-refractivity contribution in [1.29, 1.82) is 0 Å². The van der Waals surface area contributed by atoms with Crippen LogP contribution in [0.5, 0.6) is 0 Å². The van der Waals surface area contributed by atoms with E-state index in [2.05, 4.69) is 36.3 Å². The lowest BCUT2D eigenvalue weighted by Crippen LogP contribution is -2.31. The highest BCUT2D eigenvalue weighted by Crippen LogP contribution is 2.20. The number of hydrogen-bond acceptors (Lipinski definition) is 4. The first kappa shape index (κ1) is 16.2. The molecule has 4 nitrogen and oxygen atoms in total. The number of ether oxygens (including phenoxy) is 1. The molecule has 1 aromatic heterocycles. The van der Waals surface area contributed by atoms with Crippen LogP contribution in [-0.4, -0.2) is 38.8 Å². The van der Waals surface area contributed by atoms with Gasteiger partial charge in [-0.1, -0.05) is 13.3 Å². The third-order valence-corrected chi connectivity index (χ3v) is 3.99. The molecule has 118 valence electrons. The SMILES string of the molecule is CCCc1cc(CNC)cc(N(C)CC2CCCOC2)n1. The summed E-state index contributed by atoms with van der Waals surface area (Å²) in [6.45, 7) is 5.95. The van der Waals surface area contributed by atoms with Crippen LogP contribution in [0.15, 0.2) is 12.1 Å². The number of nitrogens with one attached hydrogen (secondary N) is 1. The number of rotatable bonds is 7. The molecule has 1 aliphatic rings. The van der Waals surface area contributed by atoms with Crippen molar-refractivity contribution in [1.82, 2.24) is 10.3 Å². The minimum atomic E-state index is 0.633. The monoisotopic (exact) mass is 291 g/mol. The lowest BCUT2D eigenvalue weighted by molar-refractivity contribution is 0.0576. The summed E-state index contributed by atoms with van der Waals surface area (Å²) in [5, 5.41) is 3.23. The van der Waals surface area contributed by atoms with E-state index in [1.54, 1.807) is 0 Å². The second kappa shape index (κ2) is 8.35. The standard InChI is InChI=1S/C17H29N3O/c1-4-6-16-9-15(11-18-2)10-17(19-16)20(3)12-14-7-5-8-21-13-14/h9-10,14,18H,4-8,11-13H2,1-3H3. The maximum Gasteiger partial charge on any atom is 0.128 e. The number of aryl methyl sites for hydroxylation is 1. The molecule has 1 unspecified atom stereocenters. The van der Waals surface area contributed by atoms with Crippen molar-refractivity contribution in [3.8, 4) is 0 Å². The van der Waals surface area contributed by atoms with Crippen LogP contribution in [-0.2, 0) is 17.7 Å². The average Bonchev–Trinajstić information content (AvgIpc) is 2.49. The summed E-state index contributed by atoms with van der Waals surface area (Å²) in [5.74, 6) is 1.73. The van der Waals surface area contributed by atoms with E-state index >= 15 is 0 Å². The van der Waals surface area contributed by atoms with Crippen LogP contribution in [0.1, 0.15) is 37.4 Å². The Balaban J connectivity index is 2.08. The molecule has 1 aromatic rings. The molecule has 1 fully saturated rings. The van der Waals surface area contributed by atoms with E-state index in [1.807, 2.05) is 7.05 Å². The summed E-state index contributed by atoms with van der Waals surface area (Å²) in [4.78, 5) is 7.12. The van der Waals surface area contributed by atoms with E-state index < -0.39 is 0 Å². The molecule has 0 aromatic carbocycles. The molecule has 1 N–H and O–H groups in total. The number of pyridine rings is 1. The van der Waals surface area contributed by atoms with Crippen LogP contribution < -0.4 is 10.2 Å². The van der Waals surface area contributed by atoms with E-state index in [0.29, 0.717) is 5.92 Å². The lowest BCUT2D eigenvalue weighted by atomic mass is 10.0. The largest absolute Gasteiger partial charge is 0.381 e. The van der Waals surface area contributed by atoms with E-state index in [-0.39, 0.29) is 0 Å². The van der Waals surface area contributed by atoms with E-state index in [1.165, 1.54) is 24.1 Å². The van der Waals surface area contributed by atoms with Crippen LogP contribution in [0.4, 0.5) is 5.82 Å². The summed E-state index contributed by atoms with van der Waals surface area (Å²) >= 11 is 0. The van der Waals surface area contributed by atoms with Gasteiger partial charge in [-0.2, -0.15) is 0 Å². The quantitative estimate of drug-likeness (QED) is 0.838. The van der Waals surface area contributed by atoms with Gasteiger partial charge in [-0.15, -0.1) is 0 Å². The third kappa shape index (κ3) is 4.97. The van der Waals surface area contributed by atoms with Gasteiger partial charge >= 0.3 is 0 Å². The fourth-order valence-corrected chi connectivity index (χ4v) is 2.95. The van der Waals surface area contributed by atoms with Crippen molar-refractivity contribution < 1.29 is 4.74 Å². The molecular weight excluding hydrogens is 262 g/mol. The molecule has 0 aliphatic carbocycles. The predicted molar refractivity (Wildman–Crippen MR) is 87.8 cm³/mol. The molecule has 2 heterocycles. The fraction of sp³-hybridized carbons (Fsp3) is 0.706. The highest BCUT2D eigenvalue weighted by molar-refractivity contribution is 5.42. The highest BCUT2D eigenvalue weighted by atomic mass is 16.5. The third-order valence-electron chi connectivity index (χ3n) is 3.99. The van der Waals surface area contributed by atoms with Crippen LogP contribution in [0.25, 0.3) is 0 Å². The van der Waals surface area contributed by atoms with Crippen molar-refractivity contribution in [2.45, 2.75) is 39.2 Å². The van der Waals surface area contributed by atoms with Gasteiger partial charge in [0.05, 0.1) is 6.61 Å². The fourth-order valence-electron chi connectivity index (χ4n) is 2.95. The average molecular weight is 291 g/mol. The van der Waals surface area contributed by atoms with Crippen molar-refractivity contribution in [3.63, 3.8) is 0 Å². The summed E-state index contributed by atoms with van der Waals surface area (Å²) in [5.41, 5.74) is 2.52. The summed E-state index contributed by atoms with van der Waals surface area (Å²) < 4.78 is 5.59. The van der Waals surface area contributed by atoms with E-state index in [4.69, 9.17) is 9.72 Å². The van der Waals surface area contributed by atoms with Gasteiger partial charge in [-0.3, -0.25) is 0 Å². The zero-order valence-electron chi connectivity index (χ0n) is 13.7. The minimum absolute atomic E-state index is 0.633. The number of anilines is 1. The van der Waals surface area contributed by atoms with Crippen LogP contribution in [0.2, 0.25) is 0 Å². The van der Waals surface area contributed by atoms with Crippen molar-refractivity contribution in [2.24, 2.45) is 5.92 Å². The zero-order chi connectivity index (χ0) is 15.1. The van der Waals surface area contributed by atoms with Gasteiger partial charge in [0.1, 0.15) is 5.82 Å². The van der Waals surface area contributed by atoms with Gasteiger partial charge in [-0.05, 0) is 49.9 Å². The van der Waals surface area contributed by atoms with Gasteiger partial charge in [0, 0.05) is 32.4 Å². The highest BCUT2D eigenvalue weighted by Gasteiger charge is 2.17. The van der Waals surface area contributed by atoms with Gasteiger partial charge in [-0.25, -0.2) is 4.98 Å². The summed E-state index contributed by atoms with van der Waals surface area (Å²) in [6, 6.07) is 4.43. The number of nitrogens with zero attached hydrogens (tertiary/aromatic N) is 2. The van der Waals surface area contributed by atoms with Crippen LogP contribution in [0.3, 0.4) is 0 Å². The Kier molecular flexibility index (Phi) is 6.46. The van der Waals surface area contributed by atoms with Crippen LogP contribution >= 0.6 is 0 Å². The summed E-state index contributed by atoms with van der Waals surface area (Å²) in [7, 11) is 4.14. The number of aromatic nitrogens is 1. The molecule has 0 radical (unpaired) electrons. The Morgan fingerprint density at radius 1 is 1.43 bits per heavy atom. The van der Waals surface area contributed by atoms with Gasteiger partial charge in [0.2, 0.25) is 0 Å². The molecule has 0 bridgehead atoms. The molecule has 2 rings (SSSR count). The Labute approximate surface area is 128 Å². The Hall–Kier alpha value is -1.13. The molecule has 0 spiro atoms. The maximum atomic E-state index is 5.59. The van der Waals surface area contributed by atoms with Crippen LogP contribution in [0, 0.1) is 5.92 Å². The molecular formula is C17H29N3O. The van der Waals surface area contributed by atoms with Crippen molar-refractivity contribution >= 4 is 5.82 Å². The first-order chi connectivity index (χ1) is 10.2. The summed E-state index contributed by atoms with van der Waals surface area (Å²) in [6.07, 6.45) is 4.63. The maximum absolute atomic E-state index is 5.59. The predicted octanol–water partition coefficient (Wildman–Crippen LogP) is 2.62. The van der Waals surface area contributed by atoms with E-state index in [9.17, 15) is 0 Å². The molecule has 1 aliphatic heterocycles. The topological polar surface area (TPSA) is 37.4 Å². The Morgan fingerprint density at radius 3 is 2.95 bits per heavy atom. The molecule has 0 saturated carbocycles. The first-order valence-electron chi connectivity index (χ1n) is 8.16. The van der Waals surface area contributed by atoms with E-state index in [0.717, 1.165) is 45.0 Å². The molecule has 21 heavy (non-hydrogen) atoms. The van der Waals surface area contributed by atoms with Gasteiger partial charge in [0.15, 0.2) is 0 Å². The smallest absolute Gasteiger partial charge is 0.128 e. The van der Waals surface area contributed by atoms with Gasteiger partial charge in [0.25, 0.3) is 0 Å². The molecule has 1 saturated heterocycles. The molecule has 1 atom stereocenters. The molecule has 4 heteroatoms. The molecule has 0 amide bonds. The Bertz CT molecular complexity index is 406. The number of hydrogen-bond donors (Lipinski definition) is 1. The van der Waals surface area contributed by atoms with Crippen molar-refractivity contribution in [2.75, 3.05) is 38.8 Å². The first-order valence-corrected chi connectivity index (χ1v) is 8.16.